The van der Waals surface area contributed by atoms with E-state index in [0.717, 1.165) is 6.42 Å². The Balaban J connectivity index is 2.49. The number of Topliss-reactive ketones (excluding diaryl/α,β-unsaturated/α-hetero) is 1. The van der Waals surface area contributed by atoms with E-state index < -0.39 is 5.60 Å². The third-order valence-electron chi connectivity index (χ3n) is 2.02. The second kappa shape index (κ2) is 2.10. The third kappa shape index (κ3) is 0.990. The summed E-state index contributed by atoms with van der Waals surface area (Å²) in [7, 11) is 0. The van der Waals surface area contributed by atoms with Gasteiger partial charge in [-0.15, -0.1) is 0 Å². The molecule has 0 atom stereocenters. The summed E-state index contributed by atoms with van der Waals surface area (Å²) in [6, 6.07) is 0. The molecule has 2 nitrogen and oxygen atoms in total. The minimum absolute atomic E-state index is 0.00810. The molecule has 1 N–H and O–H groups in total. The first-order chi connectivity index (χ1) is 4.19. The summed E-state index contributed by atoms with van der Waals surface area (Å²) in [6.45, 7) is 1.79. The van der Waals surface area contributed by atoms with Gasteiger partial charge in [-0.3, -0.25) is 4.79 Å². The van der Waals surface area contributed by atoms with Crippen LogP contribution in [-0.4, -0.2) is 16.5 Å². The maximum absolute atomic E-state index is 10.9. The molecular formula is C7H12O2. The molecule has 0 saturated heterocycles. The number of rotatable bonds is 2. The highest BCUT2D eigenvalue weighted by Gasteiger charge is 2.40. The van der Waals surface area contributed by atoms with E-state index in [2.05, 4.69) is 0 Å². The molecule has 0 spiro atoms. The van der Waals surface area contributed by atoms with Gasteiger partial charge in [0, 0.05) is 6.42 Å². The lowest BCUT2D eigenvalue weighted by Gasteiger charge is -2.34. The van der Waals surface area contributed by atoms with Gasteiger partial charge >= 0.3 is 0 Å². The van der Waals surface area contributed by atoms with E-state index in [1.165, 1.54) is 0 Å². The first kappa shape index (κ1) is 6.75. The fourth-order valence-corrected chi connectivity index (χ4v) is 1.12. The van der Waals surface area contributed by atoms with Crippen molar-refractivity contribution in [2.75, 3.05) is 0 Å². The molecule has 0 bridgehead atoms. The van der Waals surface area contributed by atoms with Crippen LogP contribution < -0.4 is 0 Å². The molecule has 52 valence electrons. The topological polar surface area (TPSA) is 37.3 Å². The van der Waals surface area contributed by atoms with Crippen LogP contribution in [0.2, 0.25) is 0 Å². The zero-order valence-electron chi connectivity index (χ0n) is 5.68. The zero-order valence-corrected chi connectivity index (χ0v) is 5.68. The predicted molar refractivity (Wildman–Crippen MR) is 34.1 cm³/mol. The smallest absolute Gasteiger partial charge is 0.164 e. The Labute approximate surface area is 54.9 Å². The van der Waals surface area contributed by atoms with E-state index in [4.69, 9.17) is 0 Å². The monoisotopic (exact) mass is 128 g/mol. The Morgan fingerprint density at radius 3 is 2.33 bits per heavy atom. The zero-order chi connectivity index (χ0) is 6.91. The van der Waals surface area contributed by atoms with Crippen LogP contribution in [0, 0.1) is 0 Å². The summed E-state index contributed by atoms with van der Waals surface area (Å²) >= 11 is 0. The van der Waals surface area contributed by atoms with Crippen molar-refractivity contribution >= 4 is 5.78 Å². The van der Waals surface area contributed by atoms with Gasteiger partial charge in [-0.05, 0) is 19.3 Å². The highest BCUT2D eigenvalue weighted by atomic mass is 16.3. The molecule has 0 radical (unpaired) electrons. The predicted octanol–water partition coefficient (Wildman–Crippen LogP) is 0.881. The Morgan fingerprint density at radius 1 is 1.67 bits per heavy atom. The van der Waals surface area contributed by atoms with Gasteiger partial charge in [0.05, 0.1) is 0 Å². The highest BCUT2D eigenvalue weighted by molar-refractivity contribution is 5.87. The van der Waals surface area contributed by atoms with Gasteiger partial charge in [-0.25, -0.2) is 0 Å². The van der Waals surface area contributed by atoms with Crippen molar-refractivity contribution in [3.63, 3.8) is 0 Å². The Bertz CT molecular complexity index is 125. The fourth-order valence-electron chi connectivity index (χ4n) is 1.12. The molecule has 9 heavy (non-hydrogen) atoms. The third-order valence-corrected chi connectivity index (χ3v) is 2.02. The van der Waals surface area contributed by atoms with E-state index in [0.29, 0.717) is 19.3 Å². The average molecular weight is 128 g/mol. The first-order valence-electron chi connectivity index (χ1n) is 3.45. The molecule has 0 unspecified atom stereocenters. The van der Waals surface area contributed by atoms with Crippen molar-refractivity contribution in [3.8, 4) is 0 Å². The summed E-state index contributed by atoms with van der Waals surface area (Å²) in [5.74, 6) is 0.00810. The quantitative estimate of drug-likeness (QED) is 0.599. The van der Waals surface area contributed by atoms with Crippen LogP contribution in [0.1, 0.15) is 32.6 Å². The minimum Gasteiger partial charge on any atom is -0.382 e. The molecule has 0 amide bonds. The fraction of sp³-hybridized carbons (Fsp3) is 0.857. The van der Waals surface area contributed by atoms with Crippen molar-refractivity contribution < 1.29 is 9.90 Å². The standard InChI is InChI=1S/C7H12O2/c1-2-6(8)7(9)4-3-5-7/h9H,2-5H2,1H3. The summed E-state index contributed by atoms with van der Waals surface area (Å²) < 4.78 is 0. The van der Waals surface area contributed by atoms with E-state index in [1.54, 1.807) is 6.92 Å². The van der Waals surface area contributed by atoms with Crippen molar-refractivity contribution in [2.24, 2.45) is 0 Å². The molecule has 0 heterocycles. The van der Waals surface area contributed by atoms with Gasteiger partial charge in [0.1, 0.15) is 5.60 Å². The molecule has 0 aromatic heterocycles. The molecule has 1 rings (SSSR count). The van der Waals surface area contributed by atoms with Gasteiger partial charge < -0.3 is 5.11 Å². The summed E-state index contributed by atoms with van der Waals surface area (Å²) in [4.78, 5) is 10.9. The average Bonchev–Trinajstić information content (AvgIpc) is 1.81. The van der Waals surface area contributed by atoms with Crippen LogP contribution in [0.4, 0.5) is 0 Å². The SMILES string of the molecule is CCC(=O)C1(O)CCC1. The number of hydrogen-bond donors (Lipinski definition) is 1. The Morgan fingerprint density at radius 2 is 2.22 bits per heavy atom. The summed E-state index contributed by atoms with van der Waals surface area (Å²) in [6.07, 6.45) is 2.83. The molecular weight excluding hydrogens is 116 g/mol. The second-order valence-electron chi connectivity index (χ2n) is 2.66. The largest absolute Gasteiger partial charge is 0.382 e. The van der Waals surface area contributed by atoms with Gasteiger partial charge in [-0.1, -0.05) is 6.92 Å². The van der Waals surface area contributed by atoms with E-state index in [1.807, 2.05) is 0 Å². The Hall–Kier alpha value is -0.370. The molecule has 2 heteroatoms. The molecule has 1 aliphatic carbocycles. The van der Waals surface area contributed by atoms with Crippen LogP contribution in [0.5, 0.6) is 0 Å². The van der Waals surface area contributed by atoms with Crippen molar-refractivity contribution in [3.05, 3.63) is 0 Å². The summed E-state index contributed by atoms with van der Waals surface area (Å²) in [5, 5.41) is 9.33. The first-order valence-corrected chi connectivity index (χ1v) is 3.45. The molecule has 1 aliphatic rings. The number of ketones is 1. The lowest BCUT2D eigenvalue weighted by atomic mass is 9.76. The van der Waals surface area contributed by atoms with Crippen LogP contribution in [0.25, 0.3) is 0 Å². The maximum atomic E-state index is 10.9. The maximum Gasteiger partial charge on any atom is 0.164 e. The van der Waals surface area contributed by atoms with Crippen LogP contribution in [-0.2, 0) is 4.79 Å². The second-order valence-corrected chi connectivity index (χ2v) is 2.66. The van der Waals surface area contributed by atoms with Gasteiger partial charge in [0.25, 0.3) is 0 Å². The van der Waals surface area contributed by atoms with Crippen LogP contribution in [0.15, 0.2) is 0 Å². The van der Waals surface area contributed by atoms with Crippen molar-refractivity contribution in [2.45, 2.75) is 38.2 Å². The number of carbonyl (C=O) groups is 1. The van der Waals surface area contributed by atoms with Crippen LogP contribution >= 0.6 is 0 Å². The Kier molecular flexibility index (Phi) is 1.58. The molecule has 0 aromatic rings. The number of hydrogen-bond acceptors (Lipinski definition) is 2. The van der Waals surface area contributed by atoms with Gasteiger partial charge in [0.2, 0.25) is 0 Å². The normalized spacial score (nSPS) is 22.9. The van der Waals surface area contributed by atoms with Crippen molar-refractivity contribution in [1.29, 1.82) is 0 Å². The van der Waals surface area contributed by atoms with Crippen molar-refractivity contribution in [1.82, 2.24) is 0 Å². The minimum atomic E-state index is -0.908. The summed E-state index contributed by atoms with van der Waals surface area (Å²) in [5.41, 5.74) is -0.908. The van der Waals surface area contributed by atoms with E-state index >= 15 is 0 Å². The lowest BCUT2D eigenvalue weighted by Crippen LogP contribution is -2.44. The number of aliphatic hydroxyl groups is 1. The lowest BCUT2D eigenvalue weighted by molar-refractivity contribution is -0.145. The van der Waals surface area contributed by atoms with Gasteiger partial charge in [0.15, 0.2) is 5.78 Å². The van der Waals surface area contributed by atoms with E-state index in [-0.39, 0.29) is 5.78 Å². The molecule has 1 fully saturated rings. The van der Waals surface area contributed by atoms with Crippen LogP contribution in [0.3, 0.4) is 0 Å². The van der Waals surface area contributed by atoms with Gasteiger partial charge in [-0.2, -0.15) is 0 Å². The molecule has 1 saturated carbocycles. The molecule has 0 aromatic carbocycles. The molecule has 0 aliphatic heterocycles. The number of carbonyl (C=O) groups excluding carboxylic acids is 1. The highest BCUT2D eigenvalue weighted by Crippen LogP contribution is 2.32. The van der Waals surface area contributed by atoms with E-state index in [9.17, 15) is 9.90 Å².